The van der Waals surface area contributed by atoms with Crippen molar-refractivity contribution in [3.63, 3.8) is 0 Å². The van der Waals surface area contributed by atoms with Gasteiger partial charge in [0.1, 0.15) is 5.75 Å². The Morgan fingerprint density at radius 2 is 1.89 bits per heavy atom. The normalized spacial score (nSPS) is 10.6. The van der Waals surface area contributed by atoms with E-state index in [2.05, 4.69) is 22.4 Å². The van der Waals surface area contributed by atoms with E-state index in [0.717, 1.165) is 16.9 Å². The predicted molar refractivity (Wildman–Crippen MR) is 106 cm³/mol. The highest BCUT2D eigenvalue weighted by Crippen LogP contribution is 2.25. The highest BCUT2D eigenvalue weighted by Gasteiger charge is 2.12. The molecule has 1 amide bonds. The van der Waals surface area contributed by atoms with Gasteiger partial charge in [0.25, 0.3) is 5.22 Å². The summed E-state index contributed by atoms with van der Waals surface area (Å²) < 4.78 is 11.0. The van der Waals surface area contributed by atoms with Crippen molar-refractivity contribution in [1.29, 1.82) is 0 Å². The Morgan fingerprint density at radius 3 is 2.59 bits per heavy atom. The van der Waals surface area contributed by atoms with E-state index in [1.807, 2.05) is 44.2 Å². The third kappa shape index (κ3) is 5.10. The van der Waals surface area contributed by atoms with E-state index < -0.39 is 0 Å². The Hall–Kier alpha value is -2.80. The Bertz CT molecular complexity index is 922. The Balaban J connectivity index is 1.54. The van der Waals surface area contributed by atoms with Gasteiger partial charge in [0.2, 0.25) is 11.8 Å². The summed E-state index contributed by atoms with van der Waals surface area (Å²) in [5.41, 5.74) is 3.95. The number of rotatable bonds is 7. The van der Waals surface area contributed by atoms with Gasteiger partial charge in [0.05, 0.1) is 12.4 Å². The number of benzene rings is 2. The molecule has 0 aliphatic rings. The van der Waals surface area contributed by atoms with Crippen LogP contribution in [0.4, 0.5) is 5.69 Å². The summed E-state index contributed by atoms with van der Waals surface area (Å²) in [6.07, 6.45) is 0. The number of carbonyl (C=O) groups is 1. The fourth-order valence-corrected chi connectivity index (χ4v) is 2.95. The van der Waals surface area contributed by atoms with Crippen LogP contribution in [0, 0.1) is 13.8 Å². The molecular formula is C20H21N3O3S. The molecule has 2 aromatic carbocycles. The minimum absolute atomic E-state index is 0.143. The molecule has 7 heteroatoms. The number of nitrogens with one attached hydrogen (secondary N) is 1. The summed E-state index contributed by atoms with van der Waals surface area (Å²) in [6.45, 7) is 6.62. The summed E-state index contributed by atoms with van der Waals surface area (Å²) >= 11 is 1.20. The standard InChI is InChI=1S/C20H21N3O3S/c1-4-25-17-9-7-16(8-10-17)21-18(24)12-27-20-23-22-19(26-20)15-6-5-13(2)14(3)11-15/h5-11H,4,12H2,1-3H3,(H,21,24). The summed E-state index contributed by atoms with van der Waals surface area (Å²) in [7, 11) is 0. The Kier molecular flexibility index (Phi) is 6.13. The summed E-state index contributed by atoms with van der Waals surface area (Å²) in [4.78, 5) is 12.1. The zero-order valence-corrected chi connectivity index (χ0v) is 16.3. The van der Waals surface area contributed by atoms with Gasteiger partial charge in [-0.15, -0.1) is 10.2 Å². The van der Waals surface area contributed by atoms with Crippen LogP contribution in [-0.2, 0) is 4.79 Å². The lowest BCUT2D eigenvalue weighted by atomic mass is 10.1. The summed E-state index contributed by atoms with van der Waals surface area (Å²) in [5.74, 6) is 1.26. The van der Waals surface area contributed by atoms with Crippen LogP contribution in [0.1, 0.15) is 18.1 Å². The number of ether oxygens (including phenoxy) is 1. The lowest BCUT2D eigenvalue weighted by molar-refractivity contribution is -0.113. The number of carbonyl (C=O) groups excluding carboxylic acids is 1. The largest absolute Gasteiger partial charge is 0.494 e. The number of amides is 1. The van der Waals surface area contributed by atoms with E-state index in [1.165, 1.54) is 17.3 Å². The number of nitrogens with zero attached hydrogens (tertiary/aromatic N) is 2. The van der Waals surface area contributed by atoms with E-state index in [1.54, 1.807) is 12.1 Å². The molecule has 0 unspecified atom stereocenters. The van der Waals surface area contributed by atoms with Crippen LogP contribution in [0.5, 0.6) is 5.75 Å². The molecule has 3 aromatic rings. The van der Waals surface area contributed by atoms with Crippen molar-refractivity contribution < 1.29 is 13.9 Å². The van der Waals surface area contributed by atoms with Crippen molar-refractivity contribution in [3.05, 3.63) is 53.6 Å². The third-order valence-electron chi connectivity index (χ3n) is 3.94. The van der Waals surface area contributed by atoms with Gasteiger partial charge < -0.3 is 14.5 Å². The number of aromatic nitrogens is 2. The Morgan fingerprint density at radius 1 is 1.11 bits per heavy atom. The molecule has 6 nitrogen and oxygen atoms in total. The lowest BCUT2D eigenvalue weighted by Crippen LogP contribution is -2.13. The number of hydrogen-bond donors (Lipinski definition) is 1. The van der Waals surface area contributed by atoms with Gasteiger partial charge in [0.15, 0.2) is 0 Å². The first-order chi connectivity index (χ1) is 13.0. The fraction of sp³-hybridized carbons (Fsp3) is 0.250. The van der Waals surface area contributed by atoms with Gasteiger partial charge >= 0.3 is 0 Å². The molecule has 3 rings (SSSR count). The molecule has 1 N–H and O–H groups in total. The summed E-state index contributed by atoms with van der Waals surface area (Å²) in [6, 6.07) is 13.2. The first kappa shape index (κ1) is 19.0. The first-order valence-electron chi connectivity index (χ1n) is 8.62. The molecule has 1 heterocycles. The zero-order valence-electron chi connectivity index (χ0n) is 15.5. The second-order valence-corrected chi connectivity index (χ2v) is 6.89. The van der Waals surface area contributed by atoms with Gasteiger partial charge in [0, 0.05) is 11.3 Å². The number of aryl methyl sites for hydroxylation is 2. The molecule has 0 atom stereocenters. The van der Waals surface area contributed by atoms with Crippen LogP contribution < -0.4 is 10.1 Å². The van der Waals surface area contributed by atoms with Crippen LogP contribution in [0.2, 0.25) is 0 Å². The van der Waals surface area contributed by atoms with Gasteiger partial charge in [-0.1, -0.05) is 17.8 Å². The van der Waals surface area contributed by atoms with E-state index in [9.17, 15) is 4.79 Å². The second kappa shape index (κ2) is 8.73. The van der Waals surface area contributed by atoms with E-state index >= 15 is 0 Å². The smallest absolute Gasteiger partial charge is 0.277 e. The van der Waals surface area contributed by atoms with Crippen LogP contribution >= 0.6 is 11.8 Å². The quantitative estimate of drug-likeness (QED) is 0.606. The van der Waals surface area contributed by atoms with Crippen LogP contribution in [-0.4, -0.2) is 28.5 Å². The van der Waals surface area contributed by atoms with Crippen LogP contribution in [0.3, 0.4) is 0 Å². The van der Waals surface area contributed by atoms with Gasteiger partial charge in [-0.3, -0.25) is 4.79 Å². The summed E-state index contributed by atoms with van der Waals surface area (Å²) in [5, 5.41) is 11.3. The third-order valence-corrected chi connectivity index (χ3v) is 4.75. The highest BCUT2D eigenvalue weighted by atomic mass is 32.2. The molecule has 0 saturated heterocycles. The number of anilines is 1. The molecule has 0 aliphatic carbocycles. The van der Waals surface area contributed by atoms with E-state index in [0.29, 0.717) is 23.4 Å². The van der Waals surface area contributed by atoms with E-state index in [-0.39, 0.29) is 11.7 Å². The van der Waals surface area contributed by atoms with Crippen molar-refractivity contribution in [2.24, 2.45) is 0 Å². The van der Waals surface area contributed by atoms with Crippen LogP contribution in [0.15, 0.2) is 52.1 Å². The average molecular weight is 383 g/mol. The minimum atomic E-state index is -0.143. The molecule has 27 heavy (non-hydrogen) atoms. The maximum absolute atomic E-state index is 12.1. The Labute approximate surface area is 162 Å². The fourth-order valence-electron chi connectivity index (χ4n) is 2.38. The van der Waals surface area contributed by atoms with Crippen molar-refractivity contribution in [2.75, 3.05) is 17.7 Å². The van der Waals surface area contributed by atoms with Crippen molar-refractivity contribution in [2.45, 2.75) is 26.0 Å². The molecular weight excluding hydrogens is 362 g/mol. The monoisotopic (exact) mass is 383 g/mol. The molecule has 0 aliphatic heterocycles. The molecule has 1 aromatic heterocycles. The van der Waals surface area contributed by atoms with Gasteiger partial charge in [-0.2, -0.15) is 0 Å². The molecule has 0 spiro atoms. The van der Waals surface area contributed by atoms with Gasteiger partial charge in [-0.25, -0.2) is 0 Å². The zero-order chi connectivity index (χ0) is 19.2. The minimum Gasteiger partial charge on any atom is -0.494 e. The van der Waals surface area contributed by atoms with Crippen molar-refractivity contribution in [3.8, 4) is 17.2 Å². The number of thioether (sulfide) groups is 1. The highest BCUT2D eigenvalue weighted by molar-refractivity contribution is 7.99. The first-order valence-corrected chi connectivity index (χ1v) is 9.60. The van der Waals surface area contributed by atoms with Crippen LogP contribution in [0.25, 0.3) is 11.5 Å². The van der Waals surface area contributed by atoms with Crippen molar-refractivity contribution in [1.82, 2.24) is 10.2 Å². The molecule has 140 valence electrons. The molecule has 0 fully saturated rings. The van der Waals surface area contributed by atoms with Gasteiger partial charge in [-0.05, 0) is 68.3 Å². The second-order valence-electron chi connectivity index (χ2n) is 5.97. The molecule has 0 bridgehead atoms. The lowest BCUT2D eigenvalue weighted by Gasteiger charge is -2.06. The maximum Gasteiger partial charge on any atom is 0.277 e. The molecule has 0 radical (unpaired) electrons. The number of hydrogen-bond acceptors (Lipinski definition) is 6. The molecule has 0 saturated carbocycles. The predicted octanol–water partition coefficient (Wildman–Crippen LogP) is 4.48. The van der Waals surface area contributed by atoms with E-state index in [4.69, 9.17) is 9.15 Å². The average Bonchev–Trinajstić information content (AvgIpc) is 3.13. The SMILES string of the molecule is CCOc1ccc(NC(=O)CSc2nnc(-c3ccc(C)c(C)c3)o2)cc1. The maximum atomic E-state index is 12.1. The van der Waals surface area contributed by atoms with Crippen molar-refractivity contribution >= 4 is 23.4 Å². The topological polar surface area (TPSA) is 77.2 Å².